The Hall–Kier alpha value is -2.73. The number of aliphatic hydroxyl groups is 1. The zero-order chi connectivity index (χ0) is 17.8. The fourth-order valence-corrected chi connectivity index (χ4v) is 3.29. The molecule has 0 saturated heterocycles. The van der Waals surface area contributed by atoms with Crippen LogP contribution >= 0.6 is 0 Å². The van der Waals surface area contributed by atoms with Crippen molar-refractivity contribution in [1.29, 1.82) is 0 Å². The molecule has 4 rings (SSSR count). The molecule has 0 spiro atoms. The molecule has 1 N–H and O–H groups in total. The number of rotatable bonds is 2. The summed E-state index contributed by atoms with van der Waals surface area (Å²) in [6.45, 7) is 7.77. The number of benzene rings is 1. The van der Waals surface area contributed by atoms with Crippen LogP contribution < -0.4 is 4.90 Å². The van der Waals surface area contributed by atoms with Crippen molar-refractivity contribution in [2.24, 2.45) is 0 Å². The lowest BCUT2D eigenvalue weighted by Gasteiger charge is -2.27. The van der Waals surface area contributed by atoms with Crippen molar-refractivity contribution < 1.29 is 9.63 Å². The number of aliphatic hydroxyl groups excluding tert-OH is 1. The van der Waals surface area contributed by atoms with Crippen molar-refractivity contribution in [2.75, 3.05) is 4.90 Å². The van der Waals surface area contributed by atoms with Crippen LogP contribution in [0.4, 0.5) is 11.6 Å². The molecule has 1 atom stereocenters. The highest BCUT2D eigenvalue weighted by atomic mass is 16.5. The highest BCUT2D eigenvalue weighted by molar-refractivity contribution is 5.77. The number of aromatic nitrogens is 3. The van der Waals surface area contributed by atoms with Crippen molar-refractivity contribution in [2.45, 2.75) is 39.3 Å². The van der Waals surface area contributed by atoms with Gasteiger partial charge in [0, 0.05) is 29.4 Å². The first kappa shape index (κ1) is 15.8. The lowest BCUT2D eigenvalue weighted by molar-refractivity contribution is 0.115. The molecule has 3 aromatic rings. The first-order chi connectivity index (χ1) is 11.9. The van der Waals surface area contributed by atoms with Gasteiger partial charge in [-0.05, 0) is 31.0 Å². The number of hydrogen-bond acceptors (Lipinski definition) is 6. The number of nitrogens with zero attached hydrogens (tertiary/aromatic N) is 4. The van der Waals surface area contributed by atoms with Gasteiger partial charge in [0.05, 0.1) is 11.4 Å². The molecule has 0 aliphatic carbocycles. The Labute approximate surface area is 146 Å². The second kappa shape index (κ2) is 5.39. The van der Waals surface area contributed by atoms with Gasteiger partial charge in [0.15, 0.2) is 0 Å². The van der Waals surface area contributed by atoms with Crippen LogP contribution in [0.2, 0.25) is 0 Å². The molecule has 1 aliphatic rings. The molecule has 128 valence electrons. The second-order valence-electron chi connectivity index (χ2n) is 7.02. The Morgan fingerprint density at radius 2 is 1.80 bits per heavy atom. The summed E-state index contributed by atoms with van der Waals surface area (Å²) in [5.41, 5.74) is 4.23. The van der Waals surface area contributed by atoms with E-state index in [1.165, 1.54) is 0 Å². The molecule has 0 fully saturated rings. The van der Waals surface area contributed by atoms with Crippen molar-refractivity contribution in [3.8, 4) is 11.1 Å². The number of anilines is 2. The second-order valence-corrected chi connectivity index (χ2v) is 7.02. The van der Waals surface area contributed by atoms with Crippen molar-refractivity contribution in [1.82, 2.24) is 15.1 Å². The van der Waals surface area contributed by atoms with Gasteiger partial charge in [0.25, 0.3) is 0 Å². The van der Waals surface area contributed by atoms with Gasteiger partial charge in [-0.1, -0.05) is 31.1 Å². The van der Waals surface area contributed by atoms with E-state index >= 15 is 0 Å². The summed E-state index contributed by atoms with van der Waals surface area (Å²) < 4.78 is 5.42. The van der Waals surface area contributed by atoms with Gasteiger partial charge in [-0.25, -0.2) is 9.97 Å². The molecular formula is C19H20N4O2. The first-order valence-electron chi connectivity index (χ1n) is 8.22. The van der Waals surface area contributed by atoms with Crippen molar-refractivity contribution in [3.63, 3.8) is 0 Å². The minimum Gasteiger partial charge on any atom is -0.372 e. The van der Waals surface area contributed by atoms with Gasteiger partial charge >= 0.3 is 0 Å². The Bertz CT molecular complexity index is 931. The predicted octanol–water partition coefficient (Wildman–Crippen LogP) is 3.50. The normalized spacial score (nSPS) is 18.4. The van der Waals surface area contributed by atoms with E-state index in [1.54, 1.807) is 4.90 Å². The quantitative estimate of drug-likeness (QED) is 0.772. The van der Waals surface area contributed by atoms with Gasteiger partial charge in [0.2, 0.25) is 5.88 Å². The third-order valence-electron chi connectivity index (χ3n) is 4.81. The monoisotopic (exact) mass is 336 g/mol. The predicted molar refractivity (Wildman–Crippen MR) is 94.6 cm³/mol. The Kier molecular flexibility index (Phi) is 3.40. The average Bonchev–Trinajstić information content (AvgIpc) is 3.08. The van der Waals surface area contributed by atoms with Gasteiger partial charge in [-0.15, -0.1) is 0 Å². The van der Waals surface area contributed by atoms with Crippen LogP contribution in [0.3, 0.4) is 0 Å². The molecule has 6 nitrogen and oxygen atoms in total. The summed E-state index contributed by atoms with van der Waals surface area (Å²) >= 11 is 0. The molecule has 25 heavy (non-hydrogen) atoms. The first-order valence-corrected chi connectivity index (χ1v) is 8.22. The van der Waals surface area contributed by atoms with E-state index in [-0.39, 0.29) is 0 Å². The molecule has 1 aliphatic heterocycles. The van der Waals surface area contributed by atoms with Crippen LogP contribution in [0.5, 0.6) is 0 Å². The van der Waals surface area contributed by atoms with E-state index in [0.717, 1.165) is 33.9 Å². The van der Waals surface area contributed by atoms with Crippen LogP contribution in [-0.4, -0.2) is 26.5 Å². The number of fused-ring (bicyclic) bond motifs is 1. The molecule has 0 bridgehead atoms. The van der Waals surface area contributed by atoms with Crippen molar-refractivity contribution in [3.05, 3.63) is 53.7 Å². The molecule has 1 aromatic carbocycles. The van der Waals surface area contributed by atoms with Crippen LogP contribution in [0, 0.1) is 13.8 Å². The number of aryl methyl sites for hydroxylation is 2. The topological polar surface area (TPSA) is 75.3 Å². The molecule has 0 saturated carbocycles. The van der Waals surface area contributed by atoms with Gasteiger partial charge < -0.3 is 9.63 Å². The zero-order valence-corrected chi connectivity index (χ0v) is 14.7. The molecule has 0 amide bonds. The maximum absolute atomic E-state index is 10.9. The van der Waals surface area contributed by atoms with E-state index in [2.05, 4.69) is 21.2 Å². The largest absolute Gasteiger partial charge is 0.372 e. The van der Waals surface area contributed by atoms with E-state index in [4.69, 9.17) is 4.52 Å². The summed E-state index contributed by atoms with van der Waals surface area (Å²) in [5.74, 6) is 1.27. The fourth-order valence-electron chi connectivity index (χ4n) is 3.29. The van der Waals surface area contributed by atoms with Crippen LogP contribution in [0.1, 0.15) is 30.9 Å². The van der Waals surface area contributed by atoms with E-state index in [9.17, 15) is 5.11 Å². The molecule has 0 radical (unpaired) electrons. The number of hydrogen-bond donors (Lipinski definition) is 1. The summed E-state index contributed by atoms with van der Waals surface area (Å²) in [6, 6.07) is 7.96. The summed E-state index contributed by atoms with van der Waals surface area (Å²) in [7, 11) is 0. The molecule has 6 heteroatoms. The summed E-state index contributed by atoms with van der Waals surface area (Å²) in [6.07, 6.45) is 2.88. The van der Waals surface area contributed by atoms with Crippen molar-refractivity contribution >= 4 is 11.6 Å². The van der Waals surface area contributed by atoms with Gasteiger partial charge in [0.1, 0.15) is 12.1 Å². The highest BCUT2D eigenvalue weighted by Gasteiger charge is 2.45. The maximum atomic E-state index is 10.9. The fraction of sp³-hybridized carbons (Fsp3) is 0.316. The molecule has 2 aromatic heterocycles. The van der Waals surface area contributed by atoms with Crippen LogP contribution in [0.15, 0.2) is 41.2 Å². The summed E-state index contributed by atoms with van der Waals surface area (Å²) in [4.78, 5) is 10.3. The average molecular weight is 336 g/mol. The van der Waals surface area contributed by atoms with Crippen LogP contribution in [0.25, 0.3) is 11.1 Å². The molecule has 1 unspecified atom stereocenters. The third-order valence-corrected chi connectivity index (χ3v) is 4.81. The van der Waals surface area contributed by atoms with Crippen LogP contribution in [-0.2, 0) is 5.41 Å². The van der Waals surface area contributed by atoms with Gasteiger partial charge in [-0.2, -0.15) is 0 Å². The maximum Gasteiger partial charge on any atom is 0.234 e. The Morgan fingerprint density at radius 1 is 1.08 bits per heavy atom. The third kappa shape index (κ3) is 2.41. The SMILES string of the molecule is Cc1cc(N2c3cc(-c4cnc(C)nc4)ccc3C(C)(C)C2O)on1. The molecule has 3 heterocycles. The van der Waals surface area contributed by atoms with E-state index in [0.29, 0.717) is 5.88 Å². The lowest BCUT2D eigenvalue weighted by atomic mass is 9.85. The van der Waals surface area contributed by atoms with Gasteiger partial charge in [-0.3, -0.25) is 4.90 Å². The van der Waals surface area contributed by atoms with E-state index < -0.39 is 11.6 Å². The Balaban J connectivity index is 1.86. The Morgan fingerprint density at radius 3 is 2.44 bits per heavy atom. The standard InChI is InChI=1S/C19H20N4O2/c1-11-7-17(25-22-11)23-16-8-13(14-9-20-12(2)21-10-14)5-6-15(16)19(3,4)18(23)24/h5-10,18,24H,1-4H3. The minimum atomic E-state index is -0.737. The van der Waals surface area contributed by atoms with E-state index in [1.807, 2.05) is 58.3 Å². The molecular weight excluding hydrogens is 316 g/mol. The minimum absolute atomic E-state index is 0.432. The highest BCUT2D eigenvalue weighted by Crippen LogP contribution is 2.49. The smallest absolute Gasteiger partial charge is 0.234 e. The summed E-state index contributed by atoms with van der Waals surface area (Å²) in [5, 5.41) is 14.9. The lowest BCUT2D eigenvalue weighted by Crippen LogP contribution is -2.38. The zero-order valence-electron chi connectivity index (χ0n) is 14.7.